The standard InChI is InChI=1S/C19H17F6NO5/c1-17(16(28)29-2)12-10-6-30-15(31-10)14(27)11(12)13(26-17)7-3-8(18(20,21)22)5-9(4-7)19(23,24)25/h3-5,10-13,15,26H,6H2,1-2H3/t10-,11+,12-,13-,15-,17+/m1/s1. The van der Waals surface area contributed by atoms with Gasteiger partial charge in [-0.1, -0.05) is 0 Å². The second-order valence-corrected chi connectivity index (χ2v) is 7.95. The van der Waals surface area contributed by atoms with Crippen molar-refractivity contribution in [2.24, 2.45) is 11.8 Å². The maximum absolute atomic E-state index is 13.3. The SMILES string of the molecule is COC(=O)[C@@]1(C)N[C@H](c2cc(C(F)(F)F)cc(C(F)(F)F)c2)[C@H]2C(=O)[C@@H]3OC[C@@H](O3)[C@H]21. The number of rotatable bonds is 2. The maximum atomic E-state index is 13.3. The number of methoxy groups -OCH3 is 1. The number of carbonyl (C=O) groups is 2. The first kappa shape index (κ1) is 22.0. The van der Waals surface area contributed by atoms with Crippen molar-refractivity contribution >= 4 is 11.8 Å². The Morgan fingerprint density at radius 2 is 1.71 bits per heavy atom. The Morgan fingerprint density at radius 1 is 1.13 bits per heavy atom. The van der Waals surface area contributed by atoms with Gasteiger partial charge < -0.3 is 14.2 Å². The molecule has 0 spiro atoms. The Hall–Kier alpha value is -2.18. The summed E-state index contributed by atoms with van der Waals surface area (Å²) >= 11 is 0. The average Bonchev–Trinajstić information content (AvgIpc) is 3.25. The molecule has 4 rings (SSSR count). The molecule has 0 aliphatic carbocycles. The van der Waals surface area contributed by atoms with Crippen molar-refractivity contribution in [2.45, 2.75) is 43.3 Å². The topological polar surface area (TPSA) is 73.9 Å². The summed E-state index contributed by atoms with van der Waals surface area (Å²) < 4.78 is 95.5. The van der Waals surface area contributed by atoms with Gasteiger partial charge in [0.15, 0.2) is 5.78 Å². The fourth-order valence-electron chi connectivity index (χ4n) is 4.79. The monoisotopic (exact) mass is 453 g/mol. The van der Waals surface area contributed by atoms with Gasteiger partial charge in [0.05, 0.1) is 36.9 Å². The van der Waals surface area contributed by atoms with Gasteiger partial charge in [-0.05, 0) is 30.7 Å². The van der Waals surface area contributed by atoms with Gasteiger partial charge >= 0.3 is 18.3 Å². The lowest BCUT2D eigenvalue weighted by Gasteiger charge is -2.36. The molecular weight excluding hydrogens is 436 g/mol. The van der Waals surface area contributed by atoms with Crippen molar-refractivity contribution in [3.8, 4) is 0 Å². The zero-order valence-electron chi connectivity index (χ0n) is 16.1. The zero-order chi connectivity index (χ0) is 22.9. The van der Waals surface area contributed by atoms with Gasteiger partial charge in [-0.15, -0.1) is 0 Å². The summed E-state index contributed by atoms with van der Waals surface area (Å²) in [6.07, 6.45) is -12.2. The molecule has 1 N–H and O–H groups in total. The average molecular weight is 453 g/mol. The molecule has 3 aliphatic heterocycles. The minimum Gasteiger partial charge on any atom is -0.468 e. The number of carbonyl (C=O) groups excluding carboxylic acids is 2. The third-order valence-corrected chi connectivity index (χ3v) is 6.12. The van der Waals surface area contributed by atoms with Crippen LogP contribution in [0, 0.1) is 11.8 Å². The molecule has 12 heteroatoms. The number of ether oxygens (including phenoxy) is 3. The van der Waals surface area contributed by atoms with Crippen molar-refractivity contribution in [3.63, 3.8) is 0 Å². The molecule has 170 valence electrons. The summed E-state index contributed by atoms with van der Waals surface area (Å²) in [4.78, 5) is 25.5. The second kappa shape index (κ2) is 6.91. The van der Waals surface area contributed by atoms with Crippen LogP contribution in [0.4, 0.5) is 26.3 Å². The van der Waals surface area contributed by atoms with Gasteiger partial charge in [0.1, 0.15) is 5.54 Å². The molecule has 3 aliphatic rings. The summed E-state index contributed by atoms with van der Waals surface area (Å²) in [5.41, 5.74) is -5.04. The van der Waals surface area contributed by atoms with Gasteiger partial charge in [-0.3, -0.25) is 14.9 Å². The van der Waals surface area contributed by atoms with E-state index in [4.69, 9.17) is 14.2 Å². The van der Waals surface area contributed by atoms with Gasteiger partial charge in [-0.2, -0.15) is 26.3 Å². The lowest BCUT2D eigenvalue weighted by molar-refractivity contribution is -0.170. The fraction of sp³-hybridized carbons (Fsp3) is 0.579. The maximum Gasteiger partial charge on any atom is 0.416 e. The number of alkyl halides is 6. The van der Waals surface area contributed by atoms with Crippen LogP contribution in [0.1, 0.15) is 29.7 Å². The van der Waals surface area contributed by atoms with E-state index in [1.54, 1.807) is 0 Å². The van der Waals surface area contributed by atoms with Crippen LogP contribution in [0.25, 0.3) is 0 Å². The van der Waals surface area contributed by atoms with E-state index in [-0.39, 0.29) is 12.7 Å². The highest BCUT2D eigenvalue weighted by atomic mass is 19.4. The molecule has 2 bridgehead atoms. The Balaban J connectivity index is 1.87. The molecule has 0 radical (unpaired) electrons. The van der Waals surface area contributed by atoms with Crippen molar-refractivity contribution in [1.29, 1.82) is 0 Å². The third-order valence-electron chi connectivity index (χ3n) is 6.12. The molecule has 0 aromatic heterocycles. The quantitative estimate of drug-likeness (QED) is 0.549. The molecular formula is C19H17F6NO5. The number of benzene rings is 1. The molecule has 1 aromatic rings. The summed E-state index contributed by atoms with van der Waals surface area (Å²) in [6, 6.07) is -0.203. The fourth-order valence-corrected chi connectivity index (χ4v) is 4.79. The predicted molar refractivity (Wildman–Crippen MR) is 89.3 cm³/mol. The Labute approximate surface area is 171 Å². The summed E-state index contributed by atoms with van der Waals surface area (Å²) in [5.74, 6) is -3.55. The number of hydrogen-bond donors (Lipinski definition) is 1. The molecule has 3 saturated heterocycles. The Kier molecular flexibility index (Phi) is 4.91. The minimum absolute atomic E-state index is 0.00798. The lowest BCUT2D eigenvalue weighted by atomic mass is 9.72. The molecule has 0 amide bonds. The smallest absolute Gasteiger partial charge is 0.416 e. The molecule has 6 nitrogen and oxygen atoms in total. The molecule has 6 atom stereocenters. The highest BCUT2D eigenvalue weighted by Crippen LogP contribution is 2.52. The molecule has 0 saturated carbocycles. The largest absolute Gasteiger partial charge is 0.468 e. The predicted octanol–water partition coefficient (Wildman–Crippen LogP) is 2.86. The first-order valence-electron chi connectivity index (χ1n) is 9.23. The van der Waals surface area contributed by atoms with Crippen LogP contribution < -0.4 is 5.32 Å². The second-order valence-electron chi connectivity index (χ2n) is 7.95. The third kappa shape index (κ3) is 3.40. The number of halogens is 6. The van der Waals surface area contributed by atoms with E-state index in [2.05, 4.69) is 5.32 Å². The lowest BCUT2D eigenvalue weighted by Crippen LogP contribution is -2.56. The molecule has 3 fully saturated rings. The highest BCUT2D eigenvalue weighted by molar-refractivity contribution is 5.91. The number of hydrogen-bond acceptors (Lipinski definition) is 6. The molecule has 31 heavy (non-hydrogen) atoms. The van der Waals surface area contributed by atoms with E-state index >= 15 is 0 Å². The van der Waals surface area contributed by atoms with Crippen LogP contribution in [0.3, 0.4) is 0 Å². The van der Waals surface area contributed by atoms with E-state index < -0.39 is 76.6 Å². The normalized spacial score (nSPS) is 35.2. The van der Waals surface area contributed by atoms with Crippen molar-refractivity contribution < 1.29 is 50.1 Å². The van der Waals surface area contributed by atoms with Crippen LogP contribution >= 0.6 is 0 Å². The van der Waals surface area contributed by atoms with Gasteiger partial charge in [0, 0.05) is 12.0 Å². The first-order valence-corrected chi connectivity index (χ1v) is 9.23. The number of esters is 1. The van der Waals surface area contributed by atoms with Crippen LogP contribution in [-0.4, -0.2) is 43.4 Å². The number of nitrogens with one attached hydrogen (secondary N) is 1. The number of ketones is 1. The van der Waals surface area contributed by atoms with E-state index in [0.29, 0.717) is 12.1 Å². The van der Waals surface area contributed by atoms with E-state index in [1.807, 2.05) is 0 Å². The van der Waals surface area contributed by atoms with Crippen LogP contribution in [0.2, 0.25) is 0 Å². The van der Waals surface area contributed by atoms with Gasteiger partial charge in [0.25, 0.3) is 0 Å². The van der Waals surface area contributed by atoms with Gasteiger partial charge in [-0.25, -0.2) is 0 Å². The van der Waals surface area contributed by atoms with Crippen LogP contribution in [0.5, 0.6) is 0 Å². The van der Waals surface area contributed by atoms with E-state index in [1.165, 1.54) is 6.92 Å². The van der Waals surface area contributed by atoms with Crippen molar-refractivity contribution in [3.05, 3.63) is 34.9 Å². The van der Waals surface area contributed by atoms with Crippen LogP contribution in [0.15, 0.2) is 18.2 Å². The number of Topliss-reactive ketones (excluding diaryl/α,β-unsaturated/α-hetero) is 1. The van der Waals surface area contributed by atoms with Gasteiger partial charge in [0.2, 0.25) is 6.29 Å². The van der Waals surface area contributed by atoms with Crippen LogP contribution in [-0.2, 0) is 36.2 Å². The molecule has 3 heterocycles. The zero-order valence-corrected chi connectivity index (χ0v) is 16.1. The first-order chi connectivity index (χ1) is 14.3. The molecule has 1 aromatic carbocycles. The number of fused-ring (bicyclic) bond motifs is 4. The Bertz CT molecular complexity index is 899. The Morgan fingerprint density at radius 3 is 2.23 bits per heavy atom. The molecule has 0 unspecified atom stereocenters. The van der Waals surface area contributed by atoms with Crippen molar-refractivity contribution in [1.82, 2.24) is 5.32 Å². The van der Waals surface area contributed by atoms with E-state index in [9.17, 15) is 35.9 Å². The van der Waals surface area contributed by atoms with Crippen molar-refractivity contribution in [2.75, 3.05) is 13.7 Å². The minimum atomic E-state index is -5.05. The van der Waals surface area contributed by atoms with E-state index in [0.717, 1.165) is 7.11 Å². The summed E-state index contributed by atoms with van der Waals surface area (Å²) in [5, 5.41) is 2.78. The summed E-state index contributed by atoms with van der Waals surface area (Å²) in [7, 11) is 1.09. The highest BCUT2D eigenvalue weighted by Gasteiger charge is 2.66. The summed E-state index contributed by atoms with van der Waals surface area (Å²) in [6.45, 7) is 1.33.